The Kier molecular flexibility index (Phi) is 8.26. The Bertz CT molecular complexity index is 619. The van der Waals surface area contributed by atoms with Crippen molar-refractivity contribution in [1.29, 1.82) is 0 Å². The largest absolute Gasteiger partial charge is 0.478 e. The Labute approximate surface area is 157 Å². The van der Waals surface area contributed by atoms with Crippen molar-refractivity contribution < 1.29 is 69.4 Å². The van der Waals surface area contributed by atoms with E-state index in [9.17, 15) is 14.4 Å². The van der Waals surface area contributed by atoms with Gasteiger partial charge in [-0.15, -0.1) is 0 Å². The first-order valence-corrected chi connectivity index (χ1v) is 5.70. The number of benzene rings is 2. The van der Waals surface area contributed by atoms with Crippen LogP contribution in [0.5, 0.6) is 0 Å². The van der Waals surface area contributed by atoms with E-state index in [1.807, 2.05) is 0 Å². The van der Waals surface area contributed by atoms with Gasteiger partial charge in [-0.1, -0.05) is 24.3 Å². The number of rotatable bonds is 4. The van der Waals surface area contributed by atoms with Crippen LogP contribution in [0.15, 0.2) is 48.5 Å². The monoisotopic (exact) mass is 484 g/mol. The van der Waals surface area contributed by atoms with Crippen LogP contribution in [0.2, 0.25) is 0 Å². The first-order chi connectivity index (χ1) is 9.49. The molecule has 5 nitrogen and oxygen atoms in total. The first-order valence-electron chi connectivity index (χ1n) is 5.70. The van der Waals surface area contributed by atoms with E-state index in [-0.39, 0.29) is 61.7 Å². The molecule has 0 atom stereocenters. The molecule has 0 aromatic heterocycles. The molecule has 2 aromatic carbocycles. The molecule has 0 aliphatic heterocycles. The zero-order chi connectivity index (χ0) is 14.7. The molecule has 2 N–H and O–H groups in total. The molecule has 0 spiro atoms. The second-order valence-corrected chi connectivity index (χ2v) is 4.09. The van der Waals surface area contributed by atoms with Crippen LogP contribution < -0.4 is 0 Å². The van der Waals surface area contributed by atoms with Crippen molar-refractivity contribution in [2.24, 2.45) is 0 Å². The van der Waals surface area contributed by atoms with Crippen molar-refractivity contribution in [1.82, 2.24) is 0 Å². The van der Waals surface area contributed by atoms with Crippen LogP contribution in [0, 0.1) is 0 Å². The maximum absolute atomic E-state index is 12.1. The summed E-state index contributed by atoms with van der Waals surface area (Å²) in [5.74, 6) is -2.41. The molecular formula is C15H10Ag2O5. The minimum absolute atomic E-state index is 0. The Hall–Kier alpha value is -1.47. The Morgan fingerprint density at radius 1 is 0.545 bits per heavy atom. The van der Waals surface area contributed by atoms with Gasteiger partial charge in [-0.05, 0) is 24.3 Å². The molecule has 0 unspecified atom stereocenters. The summed E-state index contributed by atoms with van der Waals surface area (Å²) in [5.41, 5.74) is 0.890. The summed E-state index contributed by atoms with van der Waals surface area (Å²) in [5, 5.41) is 17.5. The second-order valence-electron chi connectivity index (χ2n) is 4.09. The van der Waals surface area contributed by atoms with Crippen LogP contribution >= 0.6 is 0 Å². The summed E-state index contributed by atoms with van der Waals surface area (Å²) in [6, 6.07) is 11.1. The molecule has 2 rings (SSSR count). The summed E-state index contributed by atoms with van der Waals surface area (Å²) in [6.07, 6.45) is 0. The topological polar surface area (TPSA) is 91.7 Å². The van der Waals surface area contributed by atoms with Crippen LogP contribution in [0.1, 0.15) is 36.6 Å². The molecule has 2 aromatic rings. The third kappa shape index (κ3) is 4.78. The average Bonchev–Trinajstić information content (AvgIpc) is 2.46. The molecular weight excluding hydrogens is 476 g/mol. The van der Waals surface area contributed by atoms with Crippen LogP contribution in [0.25, 0.3) is 0 Å². The van der Waals surface area contributed by atoms with Crippen molar-refractivity contribution in [3.63, 3.8) is 0 Å². The number of carbonyl (C=O) groups is 3. The fourth-order valence-corrected chi connectivity index (χ4v) is 1.70. The fraction of sp³-hybridized carbons (Fsp3) is 0. The van der Waals surface area contributed by atoms with Gasteiger partial charge in [0.15, 0.2) is 5.78 Å². The van der Waals surface area contributed by atoms with Gasteiger partial charge in [0, 0.05) is 55.9 Å². The van der Waals surface area contributed by atoms with Gasteiger partial charge < -0.3 is 10.2 Å². The van der Waals surface area contributed by atoms with E-state index in [1.165, 1.54) is 48.5 Å². The van der Waals surface area contributed by atoms with Crippen molar-refractivity contribution in [3.05, 3.63) is 70.8 Å². The molecule has 0 amide bonds. The number of aromatic carboxylic acids is 2. The third-order valence-corrected chi connectivity index (χ3v) is 2.79. The number of ketones is 1. The van der Waals surface area contributed by atoms with Gasteiger partial charge in [0.05, 0.1) is 11.1 Å². The normalized spacial score (nSPS) is 9.09. The fourth-order valence-electron chi connectivity index (χ4n) is 1.70. The van der Waals surface area contributed by atoms with Gasteiger partial charge in [-0.25, -0.2) is 9.59 Å². The summed E-state index contributed by atoms with van der Waals surface area (Å²) in [7, 11) is 0. The predicted molar refractivity (Wildman–Crippen MR) is 70.2 cm³/mol. The van der Waals surface area contributed by atoms with Gasteiger partial charge in [-0.3, -0.25) is 4.79 Å². The Balaban J connectivity index is 0.00000220. The summed E-state index contributed by atoms with van der Waals surface area (Å²) in [4.78, 5) is 33.5. The van der Waals surface area contributed by atoms with Crippen LogP contribution in [0.4, 0.5) is 0 Å². The Morgan fingerprint density at radius 2 is 0.773 bits per heavy atom. The SMILES string of the molecule is O=C(O)c1ccc(C(=O)c2ccc(C(=O)O)cc2)cc1.[Ag].[Ag]. The molecule has 22 heavy (non-hydrogen) atoms. The van der Waals surface area contributed by atoms with E-state index in [2.05, 4.69) is 0 Å². The van der Waals surface area contributed by atoms with Crippen molar-refractivity contribution in [3.8, 4) is 0 Å². The standard InChI is InChI=1S/C15H10O5.2Ag/c16-13(9-1-5-11(6-2-9)14(17)18)10-3-7-12(8-4-10)15(19)20;;/h1-8H,(H,17,18)(H,19,20);;. The predicted octanol–water partition coefficient (Wildman–Crippen LogP) is 2.31. The molecule has 0 heterocycles. The van der Waals surface area contributed by atoms with E-state index in [0.29, 0.717) is 11.1 Å². The van der Waals surface area contributed by atoms with E-state index in [0.717, 1.165) is 0 Å². The molecule has 0 saturated carbocycles. The third-order valence-electron chi connectivity index (χ3n) is 2.79. The number of carboxylic acids is 2. The van der Waals surface area contributed by atoms with Gasteiger partial charge >= 0.3 is 11.9 Å². The van der Waals surface area contributed by atoms with Gasteiger partial charge in [-0.2, -0.15) is 0 Å². The molecule has 0 saturated heterocycles. The average molecular weight is 486 g/mol. The molecule has 0 aliphatic carbocycles. The van der Waals surface area contributed by atoms with Crippen molar-refractivity contribution in [2.45, 2.75) is 0 Å². The first kappa shape index (κ1) is 20.5. The number of carboxylic acid groups (broad SMARTS) is 2. The number of hydrogen-bond acceptors (Lipinski definition) is 3. The van der Waals surface area contributed by atoms with Crippen LogP contribution in [-0.2, 0) is 44.8 Å². The summed E-state index contributed by atoms with van der Waals surface area (Å²) in [6.45, 7) is 0. The molecule has 2 radical (unpaired) electrons. The number of carbonyl (C=O) groups excluding carboxylic acids is 1. The molecule has 0 aliphatic rings. The zero-order valence-electron chi connectivity index (χ0n) is 10.8. The maximum Gasteiger partial charge on any atom is 0.335 e. The molecule has 122 valence electrons. The second kappa shape index (κ2) is 8.85. The summed E-state index contributed by atoms with van der Waals surface area (Å²) < 4.78 is 0. The smallest absolute Gasteiger partial charge is 0.335 e. The minimum Gasteiger partial charge on any atom is -0.478 e. The molecule has 7 heteroatoms. The minimum atomic E-state index is -1.06. The van der Waals surface area contributed by atoms with Crippen molar-refractivity contribution >= 4 is 17.7 Å². The van der Waals surface area contributed by atoms with E-state index in [1.54, 1.807) is 0 Å². The van der Waals surface area contributed by atoms with Crippen LogP contribution in [-0.4, -0.2) is 27.9 Å². The van der Waals surface area contributed by atoms with E-state index in [4.69, 9.17) is 10.2 Å². The Morgan fingerprint density at radius 3 is 1.00 bits per heavy atom. The zero-order valence-corrected chi connectivity index (χ0v) is 13.8. The van der Waals surface area contributed by atoms with Gasteiger partial charge in [0.1, 0.15) is 0 Å². The molecule has 0 bridgehead atoms. The number of hydrogen-bond donors (Lipinski definition) is 2. The van der Waals surface area contributed by atoms with Crippen molar-refractivity contribution in [2.75, 3.05) is 0 Å². The maximum atomic E-state index is 12.1. The van der Waals surface area contributed by atoms with E-state index >= 15 is 0 Å². The van der Waals surface area contributed by atoms with Crippen LogP contribution in [0.3, 0.4) is 0 Å². The van der Waals surface area contributed by atoms with E-state index < -0.39 is 11.9 Å². The van der Waals surface area contributed by atoms with Gasteiger partial charge in [0.2, 0.25) is 0 Å². The van der Waals surface area contributed by atoms with Gasteiger partial charge in [0.25, 0.3) is 0 Å². The summed E-state index contributed by atoms with van der Waals surface area (Å²) >= 11 is 0. The quantitative estimate of drug-likeness (QED) is 0.512. The molecule has 0 fully saturated rings.